The lowest BCUT2D eigenvalue weighted by Crippen LogP contribution is -2.35. The molecule has 5 heteroatoms. The average molecular weight is 308 g/mol. The number of carboxylic acid groups (broad SMARTS) is 1. The highest BCUT2D eigenvalue weighted by molar-refractivity contribution is 7.09. The summed E-state index contributed by atoms with van der Waals surface area (Å²) in [7, 11) is 0. The molecule has 2 aliphatic rings. The second kappa shape index (κ2) is 6.88. The van der Waals surface area contributed by atoms with E-state index in [1.807, 2.05) is 11.3 Å². The number of carbonyl (C=O) groups is 1. The van der Waals surface area contributed by atoms with Crippen LogP contribution in [0.4, 0.5) is 0 Å². The van der Waals surface area contributed by atoms with Gasteiger partial charge in [0.25, 0.3) is 0 Å². The minimum Gasteiger partial charge on any atom is -0.481 e. The molecule has 1 aromatic rings. The lowest BCUT2D eigenvalue weighted by Gasteiger charge is -2.29. The lowest BCUT2D eigenvalue weighted by atomic mass is 9.90. The molecule has 1 aliphatic carbocycles. The highest BCUT2D eigenvalue weighted by Gasteiger charge is 2.25. The fourth-order valence-corrected chi connectivity index (χ4v) is 4.48. The molecule has 0 aromatic carbocycles. The number of carboxylic acids is 1. The molecule has 2 fully saturated rings. The number of likely N-dealkylation sites (tertiary alicyclic amines) is 1. The largest absolute Gasteiger partial charge is 0.481 e. The number of piperidine rings is 1. The summed E-state index contributed by atoms with van der Waals surface area (Å²) in [4.78, 5) is 18.2. The molecule has 3 rings (SSSR count). The normalized spacial score (nSPS) is 22.5. The van der Waals surface area contributed by atoms with Crippen molar-refractivity contribution in [1.29, 1.82) is 0 Å². The van der Waals surface area contributed by atoms with E-state index in [0.29, 0.717) is 5.92 Å². The fraction of sp³-hybridized carbons (Fsp3) is 0.750. The van der Waals surface area contributed by atoms with Gasteiger partial charge in [-0.2, -0.15) is 0 Å². The summed E-state index contributed by atoms with van der Waals surface area (Å²) in [6.45, 7) is 2.65. The number of aromatic nitrogens is 1. The molecule has 2 heterocycles. The third-order valence-corrected chi connectivity index (χ3v) is 5.90. The third-order valence-electron chi connectivity index (χ3n) is 4.85. The van der Waals surface area contributed by atoms with Gasteiger partial charge in [0, 0.05) is 17.8 Å². The highest BCUT2D eigenvalue weighted by atomic mass is 32.1. The van der Waals surface area contributed by atoms with Crippen LogP contribution in [0.2, 0.25) is 0 Å². The molecular formula is C16H24N2O2S. The van der Waals surface area contributed by atoms with E-state index in [1.165, 1.54) is 42.8 Å². The molecule has 0 atom stereocenters. The molecule has 4 nitrogen and oxygen atoms in total. The molecule has 0 spiro atoms. The summed E-state index contributed by atoms with van der Waals surface area (Å²) in [6, 6.07) is 0. The SMILES string of the molecule is O=C(O)C1CCN(Cc2csc(C3CCCCC3)n2)CC1. The summed E-state index contributed by atoms with van der Waals surface area (Å²) >= 11 is 1.82. The Morgan fingerprint density at radius 2 is 1.95 bits per heavy atom. The molecule has 0 unspecified atom stereocenters. The van der Waals surface area contributed by atoms with Crippen molar-refractivity contribution in [2.75, 3.05) is 13.1 Å². The van der Waals surface area contributed by atoms with E-state index in [0.717, 1.165) is 32.5 Å². The van der Waals surface area contributed by atoms with Crippen LogP contribution >= 0.6 is 11.3 Å². The van der Waals surface area contributed by atoms with Gasteiger partial charge in [-0.1, -0.05) is 19.3 Å². The van der Waals surface area contributed by atoms with E-state index in [4.69, 9.17) is 10.1 Å². The molecule has 1 aliphatic heterocycles. The van der Waals surface area contributed by atoms with Gasteiger partial charge in [-0.3, -0.25) is 9.69 Å². The first-order valence-corrected chi connectivity index (χ1v) is 9.00. The van der Waals surface area contributed by atoms with Gasteiger partial charge in [0.2, 0.25) is 0 Å². The van der Waals surface area contributed by atoms with Crippen LogP contribution in [0.15, 0.2) is 5.38 Å². The molecule has 1 saturated heterocycles. The second-order valence-electron chi connectivity index (χ2n) is 6.40. The van der Waals surface area contributed by atoms with Crippen LogP contribution in [-0.2, 0) is 11.3 Å². The summed E-state index contributed by atoms with van der Waals surface area (Å²) in [5.74, 6) is -0.0902. The minimum atomic E-state index is -0.636. The third kappa shape index (κ3) is 3.83. The number of nitrogens with zero attached hydrogens (tertiary/aromatic N) is 2. The van der Waals surface area contributed by atoms with Crippen molar-refractivity contribution in [1.82, 2.24) is 9.88 Å². The Hall–Kier alpha value is -0.940. The van der Waals surface area contributed by atoms with Crippen LogP contribution in [0, 0.1) is 5.92 Å². The second-order valence-corrected chi connectivity index (χ2v) is 7.29. The van der Waals surface area contributed by atoms with Gasteiger partial charge >= 0.3 is 5.97 Å². The summed E-state index contributed by atoms with van der Waals surface area (Å²) in [5.41, 5.74) is 1.18. The summed E-state index contributed by atoms with van der Waals surface area (Å²) in [5, 5.41) is 12.6. The van der Waals surface area contributed by atoms with Crippen LogP contribution in [0.3, 0.4) is 0 Å². The fourth-order valence-electron chi connectivity index (χ4n) is 3.50. The van der Waals surface area contributed by atoms with Crippen LogP contribution in [-0.4, -0.2) is 34.0 Å². The Morgan fingerprint density at radius 1 is 1.24 bits per heavy atom. The monoisotopic (exact) mass is 308 g/mol. The first-order chi connectivity index (χ1) is 10.2. The minimum absolute atomic E-state index is 0.144. The molecule has 21 heavy (non-hydrogen) atoms. The molecule has 1 saturated carbocycles. The van der Waals surface area contributed by atoms with Gasteiger partial charge in [0.05, 0.1) is 16.6 Å². The van der Waals surface area contributed by atoms with Crippen LogP contribution in [0.25, 0.3) is 0 Å². The zero-order valence-electron chi connectivity index (χ0n) is 12.5. The van der Waals surface area contributed by atoms with Crippen molar-refractivity contribution in [3.63, 3.8) is 0 Å². The van der Waals surface area contributed by atoms with Crippen molar-refractivity contribution in [3.05, 3.63) is 16.1 Å². The topological polar surface area (TPSA) is 53.4 Å². The standard InChI is InChI=1S/C16H24N2O2S/c19-16(20)13-6-8-18(9-7-13)10-14-11-21-15(17-14)12-4-2-1-3-5-12/h11-13H,1-10H2,(H,19,20). The van der Waals surface area contributed by atoms with Gasteiger partial charge in [0.1, 0.15) is 0 Å². The maximum atomic E-state index is 11.0. The molecule has 0 radical (unpaired) electrons. The predicted octanol–water partition coefficient (Wildman–Crippen LogP) is 3.49. The molecule has 1 aromatic heterocycles. The summed E-state index contributed by atoms with van der Waals surface area (Å²) < 4.78 is 0. The van der Waals surface area contributed by atoms with E-state index in [2.05, 4.69) is 10.3 Å². The molecular weight excluding hydrogens is 284 g/mol. The molecule has 0 amide bonds. The van der Waals surface area contributed by atoms with E-state index < -0.39 is 5.97 Å². The Morgan fingerprint density at radius 3 is 2.62 bits per heavy atom. The van der Waals surface area contributed by atoms with Gasteiger partial charge in [-0.15, -0.1) is 11.3 Å². The molecule has 1 N–H and O–H groups in total. The Kier molecular flexibility index (Phi) is 4.91. The zero-order chi connectivity index (χ0) is 14.7. The number of aliphatic carboxylic acids is 1. The van der Waals surface area contributed by atoms with E-state index in [-0.39, 0.29) is 5.92 Å². The number of hydrogen-bond acceptors (Lipinski definition) is 4. The Labute approximate surface area is 130 Å². The number of rotatable bonds is 4. The predicted molar refractivity (Wildman–Crippen MR) is 83.6 cm³/mol. The van der Waals surface area contributed by atoms with E-state index in [9.17, 15) is 4.79 Å². The maximum absolute atomic E-state index is 11.0. The number of thiazole rings is 1. The van der Waals surface area contributed by atoms with Crippen LogP contribution < -0.4 is 0 Å². The van der Waals surface area contributed by atoms with E-state index in [1.54, 1.807) is 0 Å². The van der Waals surface area contributed by atoms with Crippen molar-refractivity contribution in [2.45, 2.75) is 57.4 Å². The Balaban J connectivity index is 1.52. The first kappa shape index (κ1) is 15.0. The van der Waals surface area contributed by atoms with Crippen molar-refractivity contribution >= 4 is 17.3 Å². The Bertz CT molecular complexity index is 474. The van der Waals surface area contributed by atoms with Gasteiger partial charge in [0.15, 0.2) is 0 Å². The molecule has 116 valence electrons. The molecule has 0 bridgehead atoms. The van der Waals surface area contributed by atoms with Crippen molar-refractivity contribution < 1.29 is 9.90 Å². The maximum Gasteiger partial charge on any atom is 0.306 e. The number of hydrogen-bond donors (Lipinski definition) is 1. The summed E-state index contributed by atoms with van der Waals surface area (Å²) in [6.07, 6.45) is 8.23. The smallest absolute Gasteiger partial charge is 0.306 e. The van der Waals surface area contributed by atoms with Crippen LogP contribution in [0.1, 0.15) is 61.6 Å². The lowest BCUT2D eigenvalue weighted by molar-refractivity contribution is -0.143. The van der Waals surface area contributed by atoms with Crippen LogP contribution in [0.5, 0.6) is 0 Å². The average Bonchev–Trinajstić information content (AvgIpc) is 2.97. The quantitative estimate of drug-likeness (QED) is 0.925. The van der Waals surface area contributed by atoms with Gasteiger partial charge < -0.3 is 5.11 Å². The zero-order valence-corrected chi connectivity index (χ0v) is 13.3. The van der Waals surface area contributed by atoms with Gasteiger partial charge in [-0.05, 0) is 38.8 Å². The van der Waals surface area contributed by atoms with Crippen molar-refractivity contribution in [3.8, 4) is 0 Å². The highest BCUT2D eigenvalue weighted by Crippen LogP contribution is 2.34. The first-order valence-electron chi connectivity index (χ1n) is 8.12. The van der Waals surface area contributed by atoms with Gasteiger partial charge in [-0.25, -0.2) is 4.98 Å². The van der Waals surface area contributed by atoms with E-state index >= 15 is 0 Å². The van der Waals surface area contributed by atoms with Crippen molar-refractivity contribution in [2.24, 2.45) is 5.92 Å².